The Morgan fingerprint density at radius 1 is 1.26 bits per heavy atom. The highest BCUT2D eigenvalue weighted by Gasteiger charge is 2.15. The molecule has 1 aliphatic rings. The lowest BCUT2D eigenvalue weighted by Crippen LogP contribution is -2.04. The highest BCUT2D eigenvalue weighted by Crippen LogP contribution is 2.26. The molecule has 0 spiro atoms. The van der Waals surface area contributed by atoms with Crippen molar-refractivity contribution in [1.82, 2.24) is 0 Å². The summed E-state index contributed by atoms with van der Waals surface area (Å²) in [5.74, 6) is 0.787. The number of aryl methyl sites for hydroxylation is 1. The number of fused-ring (bicyclic) bond motifs is 1. The molecular formula is C19H18ClNO2. The van der Waals surface area contributed by atoms with E-state index in [9.17, 15) is 4.79 Å². The van der Waals surface area contributed by atoms with E-state index in [0.717, 1.165) is 28.9 Å². The van der Waals surface area contributed by atoms with E-state index in [1.807, 2.05) is 43.3 Å². The molecule has 1 heterocycles. The first-order chi connectivity index (χ1) is 11.1. The van der Waals surface area contributed by atoms with Crippen LogP contribution >= 0.6 is 11.6 Å². The maximum Gasteiger partial charge on any atom is 0.163 e. The van der Waals surface area contributed by atoms with Gasteiger partial charge >= 0.3 is 0 Å². The predicted octanol–water partition coefficient (Wildman–Crippen LogP) is 4.49. The van der Waals surface area contributed by atoms with Gasteiger partial charge in [-0.3, -0.25) is 9.79 Å². The summed E-state index contributed by atoms with van der Waals surface area (Å²) in [6.45, 7) is 2.71. The minimum absolute atomic E-state index is 0.138. The molecule has 0 aliphatic carbocycles. The number of hydrogen-bond donors (Lipinski definition) is 0. The largest absolute Gasteiger partial charge is 0.495 e. The molecule has 3 rings (SSSR count). The average Bonchev–Trinajstić information content (AvgIpc) is 2.93. The topological polar surface area (TPSA) is 38.7 Å². The van der Waals surface area contributed by atoms with Crippen LogP contribution in [0.5, 0.6) is 5.75 Å². The van der Waals surface area contributed by atoms with Crippen LogP contribution < -0.4 is 4.74 Å². The molecule has 0 radical (unpaired) electrons. The van der Waals surface area contributed by atoms with E-state index in [1.54, 1.807) is 7.11 Å². The van der Waals surface area contributed by atoms with E-state index in [2.05, 4.69) is 4.99 Å². The van der Waals surface area contributed by atoms with Crippen molar-refractivity contribution in [2.45, 2.75) is 26.3 Å². The highest BCUT2D eigenvalue weighted by atomic mass is 35.5. The fourth-order valence-electron chi connectivity index (χ4n) is 2.78. The number of benzene rings is 2. The van der Waals surface area contributed by atoms with Gasteiger partial charge in [-0.05, 0) is 42.7 Å². The molecule has 0 saturated heterocycles. The van der Waals surface area contributed by atoms with Gasteiger partial charge in [0.05, 0.1) is 18.7 Å². The first kappa shape index (κ1) is 15.8. The monoisotopic (exact) mass is 327 g/mol. The van der Waals surface area contributed by atoms with E-state index in [4.69, 9.17) is 16.3 Å². The van der Waals surface area contributed by atoms with Crippen LogP contribution in [0, 0.1) is 0 Å². The third-order valence-corrected chi connectivity index (χ3v) is 4.46. The second kappa shape index (κ2) is 6.55. The standard InChI is InChI=1S/C19H18ClNO2/c1-12-16-10-14(5-6-15(16)11-21-12)18(22)7-3-13-4-8-19(23-2)17(20)9-13/h4-6,8-10H,3,7,11H2,1-2H3. The maximum absolute atomic E-state index is 12.4. The minimum atomic E-state index is 0.138. The molecule has 0 fully saturated rings. The van der Waals surface area contributed by atoms with Crippen molar-refractivity contribution >= 4 is 23.1 Å². The first-order valence-corrected chi connectivity index (χ1v) is 7.96. The number of aliphatic imine (C=N–C) groups is 1. The molecule has 4 heteroatoms. The molecule has 0 bridgehead atoms. The molecule has 0 saturated carbocycles. The molecule has 2 aromatic rings. The van der Waals surface area contributed by atoms with Gasteiger partial charge < -0.3 is 4.74 Å². The molecular weight excluding hydrogens is 310 g/mol. The number of methoxy groups -OCH3 is 1. The third kappa shape index (κ3) is 3.30. The second-order valence-corrected chi connectivity index (χ2v) is 6.07. The fourth-order valence-corrected chi connectivity index (χ4v) is 3.06. The number of ether oxygens (including phenoxy) is 1. The van der Waals surface area contributed by atoms with Crippen molar-refractivity contribution in [3.8, 4) is 5.75 Å². The summed E-state index contributed by atoms with van der Waals surface area (Å²) in [7, 11) is 1.59. The zero-order valence-corrected chi connectivity index (χ0v) is 14.0. The van der Waals surface area contributed by atoms with Gasteiger partial charge in [0, 0.05) is 23.3 Å². The van der Waals surface area contributed by atoms with Crippen LogP contribution in [-0.2, 0) is 13.0 Å². The van der Waals surface area contributed by atoms with E-state index in [1.165, 1.54) is 5.56 Å². The Morgan fingerprint density at radius 2 is 2.09 bits per heavy atom. The maximum atomic E-state index is 12.4. The molecule has 23 heavy (non-hydrogen) atoms. The van der Waals surface area contributed by atoms with Gasteiger partial charge in [-0.1, -0.05) is 29.8 Å². The lowest BCUT2D eigenvalue weighted by Gasteiger charge is -2.07. The number of halogens is 1. The van der Waals surface area contributed by atoms with Crippen LogP contribution in [0.1, 0.15) is 40.4 Å². The van der Waals surface area contributed by atoms with Gasteiger partial charge in [0.1, 0.15) is 5.75 Å². The molecule has 0 unspecified atom stereocenters. The second-order valence-electron chi connectivity index (χ2n) is 5.67. The molecule has 2 aromatic carbocycles. The van der Waals surface area contributed by atoms with Crippen molar-refractivity contribution in [3.05, 3.63) is 63.7 Å². The zero-order chi connectivity index (χ0) is 16.4. The van der Waals surface area contributed by atoms with Crippen LogP contribution in [0.2, 0.25) is 5.02 Å². The lowest BCUT2D eigenvalue weighted by molar-refractivity contribution is 0.0983. The molecule has 0 N–H and O–H groups in total. The van der Waals surface area contributed by atoms with Gasteiger partial charge in [-0.2, -0.15) is 0 Å². The van der Waals surface area contributed by atoms with Crippen LogP contribution in [-0.4, -0.2) is 18.6 Å². The van der Waals surface area contributed by atoms with Gasteiger partial charge in [-0.25, -0.2) is 0 Å². The Kier molecular flexibility index (Phi) is 4.49. The lowest BCUT2D eigenvalue weighted by atomic mass is 9.98. The summed E-state index contributed by atoms with van der Waals surface area (Å²) in [4.78, 5) is 16.8. The quantitative estimate of drug-likeness (QED) is 0.759. The van der Waals surface area contributed by atoms with Gasteiger partial charge in [-0.15, -0.1) is 0 Å². The number of Topliss-reactive ketones (excluding diaryl/α,β-unsaturated/α-hetero) is 1. The summed E-state index contributed by atoms with van der Waals surface area (Å²) in [5, 5.41) is 0.571. The number of carbonyl (C=O) groups excluding carboxylic acids is 1. The van der Waals surface area contributed by atoms with E-state index < -0.39 is 0 Å². The summed E-state index contributed by atoms with van der Waals surface area (Å²) in [6, 6.07) is 11.5. The Hall–Kier alpha value is -2.13. The minimum Gasteiger partial charge on any atom is -0.495 e. The average molecular weight is 328 g/mol. The Balaban J connectivity index is 1.69. The van der Waals surface area contributed by atoms with E-state index in [-0.39, 0.29) is 5.78 Å². The Morgan fingerprint density at radius 3 is 2.83 bits per heavy atom. The summed E-state index contributed by atoms with van der Waals surface area (Å²) in [5.41, 5.74) is 5.09. The Labute approximate surface area is 141 Å². The molecule has 0 atom stereocenters. The van der Waals surface area contributed by atoms with Crippen LogP contribution in [0.25, 0.3) is 0 Å². The Bertz CT molecular complexity index is 796. The molecule has 0 aromatic heterocycles. The van der Waals surface area contributed by atoms with Crippen molar-refractivity contribution in [2.24, 2.45) is 4.99 Å². The van der Waals surface area contributed by atoms with Gasteiger partial charge in [0.15, 0.2) is 5.78 Å². The normalized spacial score (nSPS) is 12.7. The van der Waals surface area contributed by atoms with Crippen LogP contribution in [0.3, 0.4) is 0 Å². The molecule has 1 aliphatic heterocycles. The van der Waals surface area contributed by atoms with E-state index in [0.29, 0.717) is 23.6 Å². The van der Waals surface area contributed by atoms with Crippen molar-refractivity contribution < 1.29 is 9.53 Å². The smallest absolute Gasteiger partial charge is 0.163 e. The predicted molar refractivity (Wildman–Crippen MR) is 93.0 cm³/mol. The SMILES string of the molecule is COc1ccc(CCC(=O)c2ccc3c(c2)C(C)=NC3)cc1Cl. The van der Waals surface area contributed by atoms with Crippen molar-refractivity contribution in [2.75, 3.05) is 7.11 Å². The van der Waals surface area contributed by atoms with Gasteiger partial charge in [0.2, 0.25) is 0 Å². The first-order valence-electron chi connectivity index (χ1n) is 7.58. The van der Waals surface area contributed by atoms with Gasteiger partial charge in [0.25, 0.3) is 0 Å². The number of hydrogen-bond acceptors (Lipinski definition) is 3. The van der Waals surface area contributed by atoms with E-state index >= 15 is 0 Å². The van der Waals surface area contributed by atoms with Crippen molar-refractivity contribution in [1.29, 1.82) is 0 Å². The molecule has 3 nitrogen and oxygen atoms in total. The summed E-state index contributed by atoms with van der Waals surface area (Å²) >= 11 is 6.12. The van der Waals surface area contributed by atoms with Crippen molar-refractivity contribution in [3.63, 3.8) is 0 Å². The zero-order valence-electron chi connectivity index (χ0n) is 13.2. The third-order valence-electron chi connectivity index (χ3n) is 4.17. The highest BCUT2D eigenvalue weighted by molar-refractivity contribution is 6.32. The molecule has 0 amide bonds. The van der Waals surface area contributed by atoms with Crippen LogP contribution in [0.15, 0.2) is 41.4 Å². The summed E-state index contributed by atoms with van der Waals surface area (Å²) in [6.07, 6.45) is 1.12. The number of nitrogens with zero attached hydrogens (tertiary/aromatic N) is 1. The van der Waals surface area contributed by atoms with Crippen LogP contribution in [0.4, 0.5) is 0 Å². The number of ketones is 1. The fraction of sp³-hybridized carbons (Fsp3) is 0.263. The number of rotatable bonds is 5. The molecule has 118 valence electrons. The number of carbonyl (C=O) groups is 1. The summed E-state index contributed by atoms with van der Waals surface area (Å²) < 4.78 is 5.14.